The molecule has 0 aliphatic heterocycles. The second-order valence-electron chi connectivity index (χ2n) is 4.94. The molecular formula is C17H14ClFN2. The van der Waals surface area contributed by atoms with Crippen LogP contribution in [-0.2, 0) is 0 Å². The number of benzene rings is 2. The van der Waals surface area contributed by atoms with E-state index in [2.05, 4.69) is 10.3 Å². The Morgan fingerprint density at radius 3 is 2.86 bits per heavy atom. The number of nitrogens with zero attached hydrogens (tertiary/aromatic N) is 1. The molecule has 2 nitrogen and oxygen atoms in total. The molecule has 0 saturated heterocycles. The lowest BCUT2D eigenvalue weighted by Gasteiger charge is -2.17. The molecule has 21 heavy (non-hydrogen) atoms. The molecule has 0 spiro atoms. The maximum atomic E-state index is 13.2. The molecule has 0 aliphatic rings. The zero-order valence-electron chi connectivity index (χ0n) is 11.5. The van der Waals surface area contributed by atoms with Crippen molar-refractivity contribution in [3.05, 3.63) is 71.3 Å². The summed E-state index contributed by atoms with van der Waals surface area (Å²) in [4.78, 5) is 4.13. The van der Waals surface area contributed by atoms with E-state index in [1.807, 2.05) is 37.4 Å². The topological polar surface area (TPSA) is 24.9 Å². The van der Waals surface area contributed by atoms with E-state index >= 15 is 0 Å². The van der Waals surface area contributed by atoms with Gasteiger partial charge in [0.2, 0.25) is 0 Å². The molecule has 0 fully saturated rings. The van der Waals surface area contributed by atoms with E-state index in [4.69, 9.17) is 11.6 Å². The van der Waals surface area contributed by atoms with Crippen LogP contribution in [0.25, 0.3) is 10.8 Å². The van der Waals surface area contributed by atoms with Gasteiger partial charge in [0.25, 0.3) is 0 Å². The van der Waals surface area contributed by atoms with Crippen LogP contribution in [0.3, 0.4) is 0 Å². The minimum Gasteiger partial charge on any atom is -0.378 e. The molecule has 0 radical (unpaired) electrons. The molecule has 0 aliphatic carbocycles. The lowest BCUT2D eigenvalue weighted by molar-refractivity contribution is 0.627. The maximum Gasteiger partial charge on any atom is 0.141 e. The highest BCUT2D eigenvalue weighted by Gasteiger charge is 2.09. The van der Waals surface area contributed by atoms with Crippen LogP contribution in [0, 0.1) is 5.82 Å². The molecule has 3 aromatic rings. The maximum absolute atomic E-state index is 13.2. The van der Waals surface area contributed by atoms with Crippen molar-refractivity contribution in [1.82, 2.24) is 4.98 Å². The lowest BCUT2D eigenvalue weighted by atomic mass is 10.1. The summed E-state index contributed by atoms with van der Waals surface area (Å²) in [5.41, 5.74) is 1.95. The van der Waals surface area contributed by atoms with Gasteiger partial charge in [0.1, 0.15) is 5.82 Å². The molecule has 1 N–H and O–H groups in total. The number of nitrogens with one attached hydrogen (secondary N) is 1. The average molecular weight is 301 g/mol. The van der Waals surface area contributed by atoms with Crippen molar-refractivity contribution in [3.8, 4) is 0 Å². The van der Waals surface area contributed by atoms with Crippen molar-refractivity contribution in [3.63, 3.8) is 0 Å². The Balaban J connectivity index is 1.92. The SMILES string of the molecule is CC(Nc1cccc2cnccc12)c1ccc(F)c(Cl)c1. The molecule has 0 saturated carbocycles. The molecule has 1 atom stereocenters. The normalized spacial score (nSPS) is 12.3. The Labute approximate surface area is 127 Å². The van der Waals surface area contributed by atoms with Gasteiger partial charge in [-0.2, -0.15) is 0 Å². The van der Waals surface area contributed by atoms with Crippen LogP contribution >= 0.6 is 11.6 Å². The number of anilines is 1. The van der Waals surface area contributed by atoms with Gasteiger partial charge in [-0.1, -0.05) is 29.8 Å². The van der Waals surface area contributed by atoms with E-state index in [1.54, 1.807) is 18.3 Å². The summed E-state index contributed by atoms with van der Waals surface area (Å²) in [6.07, 6.45) is 3.60. The van der Waals surface area contributed by atoms with E-state index in [0.717, 1.165) is 22.0 Å². The molecule has 2 aromatic carbocycles. The zero-order chi connectivity index (χ0) is 14.8. The fourth-order valence-corrected chi connectivity index (χ4v) is 2.54. The predicted octanol–water partition coefficient (Wildman–Crippen LogP) is 5.20. The molecule has 0 amide bonds. The molecule has 0 bridgehead atoms. The van der Waals surface area contributed by atoms with Gasteiger partial charge in [0.05, 0.1) is 5.02 Å². The average Bonchev–Trinajstić information content (AvgIpc) is 2.50. The molecule has 1 unspecified atom stereocenters. The van der Waals surface area contributed by atoms with E-state index in [9.17, 15) is 4.39 Å². The van der Waals surface area contributed by atoms with Crippen molar-refractivity contribution >= 4 is 28.1 Å². The third-order valence-corrected chi connectivity index (χ3v) is 3.79. The Kier molecular flexibility index (Phi) is 3.76. The summed E-state index contributed by atoms with van der Waals surface area (Å²) >= 11 is 5.84. The molecule has 106 valence electrons. The number of rotatable bonds is 3. The molecule has 1 heterocycles. The lowest BCUT2D eigenvalue weighted by Crippen LogP contribution is -2.07. The summed E-state index contributed by atoms with van der Waals surface area (Å²) in [6, 6.07) is 12.8. The van der Waals surface area contributed by atoms with Gasteiger partial charge in [-0.05, 0) is 36.8 Å². The van der Waals surface area contributed by atoms with Crippen molar-refractivity contribution < 1.29 is 4.39 Å². The van der Waals surface area contributed by atoms with Crippen LogP contribution in [0.1, 0.15) is 18.5 Å². The largest absolute Gasteiger partial charge is 0.378 e. The molecular weight excluding hydrogens is 287 g/mol. The van der Waals surface area contributed by atoms with Crippen molar-refractivity contribution in [1.29, 1.82) is 0 Å². The van der Waals surface area contributed by atoms with Crippen molar-refractivity contribution in [2.45, 2.75) is 13.0 Å². The van der Waals surface area contributed by atoms with Crippen LogP contribution in [0.5, 0.6) is 0 Å². The van der Waals surface area contributed by atoms with Gasteiger partial charge in [0.15, 0.2) is 0 Å². The monoisotopic (exact) mass is 300 g/mol. The summed E-state index contributed by atoms with van der Waals surface area (Å²) < 4.78 is 13.2. The van der Waals surface area contributed by atoms with Crippen molar-refractivity contribution in [2.24, 2.45) is 0 Å². The van der Waals surface area contributed by atoms with Gasteiger partial charge in [-0.3, -0.25) is 4.98 Å². The summed E-state index contributed by atoms with van der Waals surface area (Å²) in [6.45, 7) is 2.02. The first-order chi connectivity index (χ1) is 10.1. The Hall–Kier alpha value is -2.13. The third-order valence-electron chi connectivity index (χ3n) is 3.50. The van der Waals surface area contributed by atoms with E-state index < -0.39 is 5.82 Å². The van der Waals surface area contributed by atoms with Crippen LogP contribution in [0.4, 0.5) is 10.1 Å². The fraction of sp³-hybridized carbons (Fsp3) is 0.118. The Bertz CT molecular complexity index is 783. The van der Waals surface area contributed by atoms with Gasteiger partial charge in [-0.15, -0.1) is 0 Å². The van der Waals surface area contributed by atoms with E-state index in [0.29, 0.717) is 0 Å². The first-order valence-corrected chi connectivity index (χ1v) is 7.07. The highest BCUT2D eigenvalue weighted by atomic mass is 35.5. The smallest absolute Gasteiger partial charge is 0.141 e. The second kappa shape index (κ2) is 5.70. The second-order valence-corrected chi connectivity index (χ2v) is 5.35. The molecule has 1 aromatic heterocycles. The standard InChI is InChI=1S/C17H14ClFN2/c1-11(12-5-6-16(19)15(18)9-12)21-17-4-2-3-13-10-20-8-7-14(13)17/h2-11,21H,1H3. The number of fused-ring (bicyclic) bond motifs is 1. The number of aromatic nitrogens is 1. The number of pyridine rings is 1. The molecule has 4 heteroatoms. The predicted molar refractivity (Wildman–Crippen MR) is 85.2 cm³/mol. The van der Waals surface area contributed by atoms with Crippen LogP contribution in [0.2, 0.25) is 5.02 Å². The fourth-order valence-electron chi connectivity index (χ4n) is 2.35. The highest BCUT2D eigenvalue weighted by Crippen LogP contribution is 2.28. The quantitative estimate of drug-likeness (QED) is 0.719. The minimum absolute atomic E-state index is 0.0156. The van der Waals surface area contributed by atoms with Crippen LogP contribution < -0.4 is 5.32 Å². The highest BCUT2D eigenvalue weighted by molar-refractivity contribution is 6.30. The van der Waals surface area contributed by atoms with Crippen molar-refractivity contribution in [2.75, 3.05) is 5.32 Å². The number of halogens is 2. The van der Waals surface area contributed by atoms with Crippen LogP contribution in [0.15, 0.2) is 54.9 Å². The van der Waals surface area contributed by atoms with Crippen LogP contribution in [-0.4, -0.2) is 4.98 Å². The minimum atomic E-state index is -0.399. The third kappa shape index (κ3) is 2.83. The van der Waals surface area contributed by atoms with E-state index in [1.165, 1.54) is 6.07 Å². The summed E-state index contributed by atoms with van der Waals surface area (Å²) in [5.74, 6) is -0.399. The summed E-state index contributed by atoms with van der Waals surface area (Å²) in [5, 5.41) is 5.76. The Morgan fingerprint density at radius 2 is 2.05 bits per heavy atom. The summed E-state index contributed by atoms with van der Waals surface area (Å²) in [7, 11) is 0. The van der Waals surface area contributed by atoms with Gasteiger partial charge in [0, 0.05) is 34.9 Å². The van der Waals surface area contributed by atoms with E-state index in [-0.39, 0.29) is 11.1 Å². The Morgan fingerprint density at radius 1 is 1.19 bits per heavy atom. The number of hydrogen-bond acceptors (Lipinski definition) is 2. The zero-order valence-corrected chi connectivity index (χ0v) is 12.2. The number of hydrogen-bond donors (Lipinski definition) is 1. The first-order valence-electron chi connectivity index (χ1n) is 6.69. The van der Waals surface area contributed by atoms with Gasteiger partial charge >= 0.3 is 0 Å². The van der Waals surface area contributed by atoms with Gasteiger partial charge < -0.3 is 5.32 Å². The molecule has 3 rings (SSSR count). The van der Waals surface area contributed by atoms with Gasteiger partial charge in [-0.25, -0.2) is 4.39 Å². The first kappa shape index (κ1) is 13.8.